The Bertz CT molecular complexity index is 629. The Labute approximate surface area is 162 Å². The summed E-state index contributed by atoms with van der Waals surface area (Å²) in [6.45, 7) is 4.00. The van der Waals surface area contributed by atoms with Crippen molar-refractivity contribution in [2.45, 2.75) is 25.9 Å². The smallest absolute Gasteiger partial charge is 0.190 e. The number of furan rings is 1. The molecule has 6 nitrogen and oxygen atoms in total. The molecule has 2 N–H and O–H groups in total. The van der Waals surface area contributed by atoms with Gasteiger partial charge in [-0.25, -0.2) is 0 Å². The number of aliphatic imine (C=N–C) groups is 1. The van der Waals surface area contributed by atoms with Crippen LogP contribution in [-0.4, -0.2) is 46.3 Å². The molecule has 0 aliphatic rings. The van der Waals surface area contributed by atoms with Gasteiger partial charge in [-0.3, -0.25) is 4.99 Å². The maximum atomic E-state index is 5.57. The first-order chi connectivity index (χ1) is 13.3. The molecular formula is C21H32N4O2. The lowest BCUT2D eigenvalue weighted by atomic mass is 10.2. The van der Waals surface area contributed by atoms with Gasteiger partial charge in [-0.1, -0.05) is 18.2 Å². The number of anilines is 1. The molecule has 148 valence electrons. The van der Waals surface area contributed by atoms with Crippen molar-refractivity contribution in [3.8, 4) is 0 Å². The summed E-state index contributed by atoms with van der Waals surface area (Å²) in [5, 5.41) is 6.67. The summed E-state index contributed by atoms with van der Waals surface area (Å²) in [4.78, 5) is 6.54. The number of guanidine groups is 1. The Morgan fingerprint density at radius 3 is 2.52 bits per heavy atom. The number of hydrogen-bond donors (Lipinski definition) is 2. The Hall–Kier alpha value is -2.47. The second-order valence-electron chi connectivity index (χ2n) is 6.38. The van der Waals surface area contributed by atoms with E-state index >= 15 is 0 Å². The van der Waals surface area contributed by atoms with Gasteiger partial charge in [0.15, 0.2) is 5.96 Å². The molecular weight excluding hydrogens is 340 g/mol. The molecule has 0 aliphatic carbocycles. The lowest BCUT2D eigenvalue weighted by molar-refractivity contribution is 0.105. The van der Waals surface area contributed by atoms with Crippen LogP contribution in [0, 0.1) is 0 Å². The summed E-state index contributed by atoms with van der Waals surface area (Å²) in [5.74, 6) is 1.70. The molecule has 0 fully saturated rings. The molecule has 0 atom stereocenters. The van der Waals surface area contributed by atoms with Gasteiger partial charge >= 0.3 is 0 Å². The minimum Gasteiger partial charge on any atom is -0.467 e. The van der Waals surface area contributed by atoms with E-state index in [-0.39, 0.29) is 0 Å². The van der Waals surface area contributed by atoms with E-state index < -0.39 is 0 Å². The highest BCUT2D eigenvalue weighted by Gasteiger charge is 2.01. The van der Waals surface area contributed by atoms with Crippen molar-refractivity contribution >= 4 is 11.6 Å². The van der Waals surface area contributed by atoms with Crippen LogP contribution in [0.3, 0.4) is 0 Å². The van der Waals surface area contributed by atoms with Crippen LogP contribution in [-0.2, 0) is 11.3 Å². The normalized spacial score (nSPS) is 11.4. The zero-order valence-corrected chi connectivity index (χ0v) is 16.5. The number of ether oxygens (including phenoxy) is 1. The van der Waals surface area contributed by atoms with Crippen molar-refractivity contribution in [1.82, 2.24) is 10.6 Å². The molecule has 27 heavy (non-hydrogen) atoms. The summed E-state index contributed by atoms with van der Waals surface area (Å²) in [7, 11) is 3.93. The van der Waals surface area contributed by atoms with Crippen LogP contribution < -0.4 is 15.5 Å². The van der Waals surface area contributed by atoms with Gasteiger partial charge in [0, 0.05) is 46.0 Å². The zero-order chi connectivity index (χ0) is 19.2. The number of benzene rings is 1. The molecule has 1 aromatic heterocycles. The van der Waals surface area contributed by atoms with Gasteiger partial charge in [0.25, 0.3) is 0 Å². The number of para-hydroxylation sites is 1. The number of nitrogens with zero attached hydrogens (tertiary/aromatic N) is 2. The summed E-state index contributed by atoms with van der Waals surface area (Å²) in [6, 6.07) is 14.3. The lowest BCUT2D eigenvalue weighted by Crippen LogP contribution is -2.38. The van der Waals surface area contributed by atoms with Gasteiger partial charge in [0.2, 0.25) is 0 Å². The second kappa shape index (κ2) is 12.8. The fraction of sp³-hybridized carbons (Fsp3) is 0.476. The lowest BCUT2D eigenvalue weighted by Gasteiger charge is -2.19. The van der Waals surface area contributed by atoms with Crippen LogP contribution in [0.4, 0.5) is 5.69 Å². The topological polar surface area (TPSA) is 62.0 Å². The van der Waals surface area contributed by atoms with Crippen LogP contribution in [0.2, 0.25) is 0 Å². The van der Waals surface area contributed by atoms with Crippen molar-refractivity contribution in [1.29, 1.82) is 0 Å². The molecule has 2 aromatic rings. The average Bonchev–Trinajstić information content (AvgIpc) is 3.22. The Morgan fingerprint density at radius 1 is 1.04 bits per heavy atom. The molecule has 0 amide bonds. The highest BCUT2D eigenvalue weighted by atomic mass is 16.5. The fourth-order valence-corrected chi connectivity index (χ4v) is 2.66. The first-order valence-corrected chi connectivity index (χ1v) is 9.60. The number of nitrogens with one attached hydrogen (secondary N) is 2. The second-order valence-corrected chi connectivity index (χ2v) is 6.38. The molecule has 6 heteroatoms. The predicted octanol–water partition coefficient (Wildman–Crippen LogP) is 3.27. The molecule has 0 unspecified atom stereocenters. The predicted molar refractivity (Wildman–Crippen MR) is 111 cm³/mol. The van der Waals surface area contributed by atoms with Gasteiger partial charge in [-0.2, -0.15) is 0 Å². The largest absolute Gasteiger partial charge is 0.467 e. The van der Waals surface area contributed by atoms with Crippen molar-refractivity contribution in [3.05, 3.63) is 54.5 Å². The van der Waals surface area contributed by atoms with E-state index in [1.54, 1.807) is 13.3 Å². The minimum atomic E-state index is 0.525. The van der Waals surface area contributed by atoms with Gasteiger partial charge in [0.1, 0.15) is 12.4 Å². The third kappa shape index (κ3) is 8.64. The zero-order valence-electron chi connectivity index (χ0n) is 16.5. The van der Waals surface area contributed by atoms with Crippen molar-refractivity contribution in [2.24, 2.45) is 4.99 Å². The SMILES string of the molecule is CN=C(NCCCCN(C)c1ccccc1)NCCCOCc1ccco1. The van der Waals surface area contributed by atoms with Gasteiger partial charge in [-0.05, 0) is 43.5 Å². The van der Waals surface area contributed by atoms with Crippen LogP contribution in [0.25, 0.3) is 0 Å². The first kappa shape index (κ1) is 20.8. The van der Waals surface area contributed by atoms with E-state index in [1.165, 1.54) is 5.69 Å². The number of rotatable bonds is 12. The number of hydrogen-bond acceptors (Lipinski definition) is 4. The molecule has 2 rings (SSSR count). The van der Waals surface area contributed by atoms with E-state index in [4.69, 9.17) is 9.15 Å². The Morgan fingerprint density at radius 2 is 1.81 bits per heavy atom. The molecule has 0 saturated heterocycles. The van der Waals surface area contributed by atoms with E-state index in [2.05, 4.69) is 51.8 Å². The molecule has 0 aliphatic heterocycles. The maximum Gasteiger partial charge on any atom is 0.190 e. The molecule has 0 saturated carbocycles. The standard InChI is InChI=1S/C21H32N4O2/c1-22-21(24-14-9-16-26-18-20-12-8-17-27-20)23-13-6-7-15-25(2)19-10-4-3-5-11-19/h3-5,8,10-12,17H,6-7,9,13-16,18H2,1-2H3,(H2,22,23,24). The van der Waals surface area contributed by atoms with Crippen molar-refractivity contribution in [2.75, 3.05) is 45.2 Å². The Kier molecular flexibility index (Phi) is 9.89. The first-order valence-electron chi connectivity index (χ1n) is 9.60. The minimum absolute atomic E-state index is 0.525. The van der Waals surface area contributed by atoms with E-state index in [0.717, 1.165) is 50.6 Å². The van der Waals surface area contributed by atoms with Crippen LogP contribution in [0.5, 0.6) is 0 Å². The van der Waals surface area contributed by atoms with Crippen LogP contribution >= 0.6 is 0 Å². The third-order valence-electron chi connectivity index (χ3n) is 4.22. The van der Waals surface area contributed by atoms with E-state index in [9.17, 15) is 0 Å². The van der Waals surface area contributed by atoms with Crippen molar-refractivity contribution in [3.63, 3.8) is 0 Å². The highest BCUT2D eigenvalue weighted by molar-refractivity contribution is 5.79. The molecule has 0 radical (unpaired) electrons. The monoisotopic (exact) mass is 372 g/mol. The average molecular weight is 373 g/mol. The molecule has 1 heterocycles. The fourth-order valence-electron chi connectivity index (χ4n) is 2.66. The highest BCUT2D eigenvalue weighted by Crippen LogP contribution is 2.11. The third-order valence-corrected chi connectivity index (χ3v) is 4.22. The van der Waals surface area contributed by atoms with E-state index in [0.29, 0.717) is 13.2 Å². The number of unbranched alkanes of at least 4 members (excludes halogenated alkanes) is 1. The molecule has 0 bridgehead atoms. The Balaban J connectivity index is 1.46. The van der Waals surface area contributed by atoms with Crippen LogP contribution in [0.15, 0.2) is 58.1 Å². The van der Waals surface area contributed by atoms with Gasteiger partial charge < -0.3 is 24.7 Å². The maximum absolute atomic E-state index is 5.57. The van der Waals surface area contributed by atoms with Gasteiger partial charge in [0.05, 0.1) is 6.26 Å². The van der Waals surface area contributed by atoms with Gasteiger partial charge in [-0.15, -0.1) is 0 Å². The quantitative estimate of drug-likeness (QED) is 0.340. The van der Waals surface area contributed by atoms with E-state index in [1.807, 2.05) is 18.2 Å². The summed E-state index contributed by atoms with van der Waals surface area (Å²) in [5.41, 5.74) is 1.26. The summed E-state index contributed by atoms with van der Waals surface area (Å²) >= 11 is 0. The van der Waals surface area contributed by atoms with Crippen molar-refractivity contribution < 1.29 is 9.15 Å². The van der Waals surface area contributed by atoms with Crippen LogP contribution in [0.1, 0.15) is 25.0 Å². The summed E-state index contributed by atoms with van der Waals surface area (Å²) in [6.07, 6.45) is 4.82. The molecule has 0 spiro atoms. The summed E-state index contributed by atoms with van der Waals surface area (Å²) < 4.78 is 10.8. The molecule has 1 aromatic carbocycles.